The van der Waals surface area contributed by atoms with Gasteiger partial charge in [0.05, 0.1) is 0 Å². The molecular formula is C12H21NO3. The maximum atomic E-state index is 11.4. The van der Waals surface area contributed by atoms with Crippen LogP contribution in [0, 0.1) is 0 Å². The molecule has 16 heavy (non-hydrogen) atoms. The summed E-state index contributed by atoms with van der Waals surface area (Å²) in [5.74, 6) is 0.0475. The van der Waals surface area contributed by atoms with Crippen molar-refractivity contribution in [3.05, 3.63) is 11.6 Å². The van der Waals surface area contributed by atoms with E-state index in [0.29, 0.717) is 13.0 Å². The van der Waals surface area contributed by atoms with Gasteiger partial charge in [0.25, 0.3) is 0 Å². The van der Waals surface area contributed by atoms with Crippen LogP contribution in [0.1, 0.15) is 40.5 Å². The Morgan fingerprint density at radius 3 is 2.56 bits per heavy atom. The van der Waals surface area contributed by atoms with Gasteiger partial charge in [-0.05, 0) is 32.8 Å². The van der Waals surface area contributed by atoms with E-state index in [4.69, 9.17) is 4.74 Å². The molecule has 0 aliphatic rings. The summed E-state index contributed by atoms with van der Waals surface area (Å²) >= 11 is 0. The third-order valence-corrected chi connectivity index (χ3v) is 2.38. The first-order valence-corrected chi connectivity index (χ1v) is 5.61. The van der Waals surface area contributed by atoms with Crippen molar-refractivity contribution in [2.75, 3.05) is 6.54 Å². The van der Waals surface area contributed by atoms with Crippen LogP contribution in [0.15, 0.2) is 11.6 Å². The number of rotatable bonds is 6. The molecule has 92 valence electrons. The third kappa shape index (κ3) is 6.22. The van der Waals surface area contributed by atoms with Gasteiger partial charge in [-0.25, -0.2) is 4.79 Å². The van der Waals surface area contributed by atoms with Crippen molar-refractivity contribution < 1.29 is 14.3 Å². The van der Waals surface area contributed by atoms with E-state index < -0.39 is 6.09 Å². The molecule has 1 atom stereocenters. The maximum Gasteiger partial charge on any atom is 0.407 e. The normalized spacial score (nSPS) is 13.1. The minimum Gasteiger partial charge on any atom is -0.447 e. The van der Waals surface area contributed by atoms with E-state index in [1.807, 2.05) is 20.8 Å². The van der Waals surface area contributed by atoms with Crippen LogP contribution in [0.5, 0.6) is 0 Å². The average Bonchev–Trinajstić information content (AvgIpc) is 2.27. The second-order valence-corrected chi connectivity index (χ2v) is 3.70. The first-order chi connectivity index (χ1) is 7.51. The van der Waals surface area contributed by atoms with Crippen LogP contribution in [0.2, 0.25) is 0 Å². The lowest BCUT2D eigenvalue weighted by Crippen LogP contribution is -2.29. The lowest BCUT2D eigenvalue weighted by molar-refractivity contribution is -0.115. The molecule has 0 fully saturated rings. The Morgan fingerprint density at radius 2 is 2.06 bits per heavy atom. The standard InChI is InChI=1S/C12H21NO3/c1-5-9(3)11(14)7-8-13-12(15)16-10(4)6-2/h5,10H,6-8H2,1-4H3,(H,13,15). The largest absolute Gasteiger partial charge is 0.447 e. The Labute approximate surface area is 97.1 Å². The molecule has 0 spiro atoms. The highest BCUT2D eigenvalue weighted by molar-refractivity contribution is 5.94. The molecule has 0 radical (unpaired) electrons. The molecule has 0 saturated heterocycles. The van der Waals surface area contributed by atoms with Gasteiger partial charge < -0.3 is 10.1 Å². The van der Waals surface area contributed by atoms with Crippen molar-refractivity contribution in [3.8, 4) is 0 Å². The van der Waals surface area contributed by atoms with Crippen LogP contribution in [0.3, 0.4) is 0 Å². The highest BCUT2D eigenvalue weighted by Crippen LogP contribution is 1.98. The molecule has 0 aromatic rings. The second-order valence-electron chi connectivity index (χ2n) is 3.70. The molecule has 1 N–H and O–H groups in total. The van der Waals surface area contributed by atoms with Crippen molar-refractivity contribution in [3.63, 3.8) is 0 Å². The monoisotopic (exact) mass is 227 g/mol. The molecule has 1 amide bonds. The van der Waals surface area contributed by atoms with Gasteiger partial charge in [-0.15, -0.1) is 0 Å². The molecule has 0 bridgehead atoms. The predicted molar refractivity (Wildman–Crippen MR) is 63.3 cm³/mol. The van der Waals surface area contributed by atoms with Gasteiger partial charge in [-0.3, -0.25) is 4.79 Å². The van der Waals surface area contributed by atoms with Gasteiger partial charge in [0, 0.05) is 13.0 Å². The van der Waals surface area contributed by atoms with Crippen LogP contribution in [0.4, 0.5) is 4.79 Å². The molecule has 0 aromatic carbocycles. The van der Waals surface area contributed by atoms with Gasteiger partial charge in [0.1, 0.15) is 6.10 Å². The van der Waals surface area contributed by atoms with Gasteiger partial charge in [0.15, 0.2) is 5.78 Å². The van der Waals surface area contributed by atoms with E-state index in [1.54, 1.807) is 13.0 Å². The summed E-state index contributed by atoms with van der Waals surface area (Å²) in [7, 11) is 0. The minimum absolute atomic E-state index is 0.0475. The third-order valence-electron chi connectivity index (χ3n) is 2.38. The molecule has 0 rings (SSSR count). The van der Waals surface area contributed by atoms with Crippen molar-refractivity contribution in [2.24, 2.45) is 0 Å². The Balaban J connectivity index is 3.74. The number of amides is 1. The number of nitrogens with one attached hydrogen (secondary N) is 1. The first kappa shape index (κ1) is 14.7. The summed E-state index contributed by atoms with van der Waals surface area (Å²) in [5, 5.41) is 2.55. The summed E-state index contributed by atoms with van der Waals surface area (Å²) in [6, 6.07) is 0. The Hall–Kier alpha value is -1.32. The fourth-order valence-corrected chi connectivity index (χ4v) is 0.944. The highest BCUT2D eigenvalue weighted by atomic mass is 16.6. The minimum atomic E-state index is -0.458. The number of alkyl carbamates (subject to hydrolysis) is 1. The number of Topliss-reactive ketones (excluding diaryl/α,β-unsaturated/α-hetero) is 1. The van der Waals surface area contributed by atoms with Gasteiger partial charge in [-0.2, -0.15) is 0 Å². The van der Waals surface area contributed by atoms with E-state index in [9.17, 15) is 9.59 Å². The number of hydrogen-bond acceptors (Lipinski definition) is 3. The van der Waals surface area contributed by atoms with Crippen molar-refractivity contribution >= 4 is 11.9 Å². The molecule has 1 unspecified atom stereocenters. The van der Waals surface area contributed by atoms with E-state index in [0.717, 1.165) is 12.0 Å². The zero-order valence-corrected chi connectivity index (χ0v) is 10.5. The number of allylic oxidation sites excluding steroid dienone is 2. The Kier molecular flexibility index (Phi) is 7.25. The molecule has 0 heterocycles. The second kappa shape index (κ2) is 7.91. The smallest absolute Gasteiger partial charge is 0.407 e. The number of hydrogen-bond donors (Lipinski definition) is 1. The molecule has 4 heteroatoms. The quantitative estimate of drug-likeness (QED) is 0.709. The highest BCUT2D eigenvalue weighted by Gasteiger charge is 2.08. The summed E-state index contributed by atoms with van der Waals surface area (Å²) in [6.45, 7) is 7.67. The molecule has 0 aliphatic heterocycles. The molecular weight excluding hydrogens is 206 g/mol. The van der Waals surface area contributed by atoms with Gasteiger partial charge in [-0.1, -0.05) is 13.0 Å². The fourth-order valence-electron chi connectivity index (χ4n) is 0.944. The summed E-state index contributed by atoms with van der Waals surface area (Å²) in [5.41, 5.74) is 0.720. The van der Waals surface area contributed by atoms with Crippen molar-refractivity contribution in [1.82, 2.24) is 5.32 Å². The number of carbonyl (C=O) groups excluding carboxylic acids is 2. The molecule has 0 aromatic heterocycles. The summed E-state index contributed by atoms with van der Waals surface area (Å²) in [4.78, 5) is 22.5. The summed E-state index contributed by atoms with van der Waals surface area (Å²) in [6.07, 6.45) is 2.31. The molecule has 4 nitrogen and oxygen atoms in total. The molecule has 0 aliphatic carbocycles. The number of ketones is 1. The Morgan fingerprint density at radius 1 is 1.44 bits per heavy atom. The van der Waals surface area contributed by atoms with Crippen LogP contribution in [0.25, 0.3) is 0 Å². The first-order valence-electron chi connectivity index (χ1n) is 5.61. The van der Waals surface area contributed by atoms with Gasteiger partial charge >= 0.3 is 6.09 Å². The van der Waals surface area contributed by atoms with E-state index in [1.165, 1.54) is 0 Å². The SMILES string of the molecule is CC=C(C)C(=O)CCNC(=O)OC(C)CC. The maximum absolute atomic E-state index is 11.4. The van der Waals surface area contributed by atoms with E-state index in [2.05, 4.69) is 5.32 Å². The topological polar surface area (TPSA) is 55.4 Å². The van der Waals surface area contributed by atoms with Crippen LogP contribution in [-0.2, 0) is 9.53 Å². The lowest BCUT2D eigenvalue weighted by atomic mass is 10.1. The molecule has 0 saturated carbocycles. The van der Waals surface area contributed by atoms with E-state index >= 15 is 0 Å². The zero-order chi connectivity index (χ0) is 12.6. The Bertz CT molecular complexity index is 271. The van der Waals surface area contributed by atoms with Crippen molar-refractivity contribution in [2.45, 2.75) is 46.6 Å². The van der Waals surface area contributed by atoms with E-state index in [-0.39, 0.29) is 11.9 Å². The predicted octanol–water partition coefficient (Wildman–Crippen LogP) is 2.44. The van der Waals surface area contributed by atoms with Crippen molar-refractivity contribution in [1.29, 1.82) is 0 Å². The lowest BCUT2D eigenvalue weighted by Gasteiger charge is -2.11. The number of ether oxygens (including phenoxy) is 1. The number of carbonyl (C=O) groups is 2. The zero-order valence-electron chi connectivity index (χ0n) is 10.5. The fraction of sp³-hybridized carbons (Fsp3) is 0.667. The van der Waals surface area contributed by atoms with Gasteiger partial charge in [0.2, 0.25) is 0 Å². The average molecular weight is 227 g/mol. The van der Waals surface area contributed by atoms with Crippen LogP contribution in [-0.4, -0.2) is 24.5 Å². The summed E-state index contributed by atoms with van der Waals surface area (Å²) < 4.78 is 4.99. The van der Waals surface area contributed by atoms with Crippen LogP contribution < -0.4 is 5.32 Å². The van der Waals surface area contributed by atoms with Crippen LogP contribution >= 0.6 is 0 Å².